The van der Waals surface area contributed by atoms with Crippen LogP contribution < -0.4 is 0 Å². The summed E-state index contributed by atoms with van der Waals surface area (Å²) in [5, 5.41) is 0. The second-order valence-electron chi connectivity index (χ2n) is 4.70. The van der Waals surface area contributed by atoms with Crippen LogP contribution in [0.2, 0.25) is 0 Å². The fourth-order valence-electron chi connectivity index (χ4n) is 2.17. The Hall–Kier alpha value is -2.07. The van der Waals surface area contributed by atoms with Gasteiger partial charge in [-0.15, -0.1) is 6.42 Å². The molecule has 1 unspecified atom stereocenters. The second kappa shape index (κ2) is 5.06. The van der Waals surface area contributed by atoms with Gasteiger partial charge in [-0.1, -0.05) is 48.4 Å². The van der Waals surface area contributed by atoms with Gasteiger partial charge in [-0.2, -0.15) is 0 Å². The molecule has 2 rings (SSSR count). The van der Waals surface area contributed by atoms with E-state index in [1.807, 2.05) is 37.3 Å². The first kappa shape index (κ1) is 12.4. The van der Waals surface area contributed by atoms with Crippen molar-refractivity contribution >= 4 is 5.78 Å². The lowest BCUT2D eigenvalue weighted by Gasteiger charge is -2.24. The van der Waals surface area contributed by atoms with E-state index >= 15 is 0 Å². The standard InChI is InChI=1S/C17H16O/c1-3-17(12-10-16(18)14(2)13-17)11-9-15-7-5-4-6-8-15/h1,4-8,10,12-13H,9,11H2,2H3. The molecular weight excluding hydrogens is 220 g/mol. The average molecular weight is 236 g/mol. The Morgan fingerprint density at radius 1 is 1.28 bits per heavy atom. The Morgan fingerprint density at radius 3 is 2.61 bits per heavy atom. The molecule has 1 aromatic rings. The van der Waals surface area contributed by atoms with Crippen molar-refractivity contribution < 1.29 is 4.79 Å². The predicted molar refractivity (Wildman–Crippen MR) is 73.9 cm³/mol. The first-order valence-electron chi connectivity index (χ1n) is 6.10. The van der Waals surface area contributed by atoms with Gasteiger partial charge < -0.3 is 0 Å². The number of aryl methyl sites for hydroxylation is 1. The van der Waals surface area contributed by atoms with Gasteiger partial charge in [0, 0.05) is 0 Å². The molecule has 1 atom stereocenters. The molecule has 0 radical (unpaired) electrons. The molecule has 0 aliphatic heterocycles. The first-order valence-corrected chi connectivity index (χ1v) is 6.10. The van der Waals surface area contributed by atoms with Crippen molar-refractivity contribution in [2.45, 2.75) is 19.8 Å². The summed E-state index contributed by atoms with van der Waals surface area (Å²) < 4.78 is 0. The van der Waals surface area contributed by atoms with Gasteiger partial charge in [0.1, 0.15) is 0 Å². The van der Waals surface area contributed by atoms with E-state index < -0.39 is 5.41 Å². The van der Waals surface area contributed by atoms with E-state index in [0.29, 0.717) is 0 Å². The molecule has 0 N–H and O–H groups in total. The van der Waals surface area contributed by atoms with Gasteiger partial charge in [-0.25, -0.2) is 0 Å². The number of hydrogen-bond acceptors (Lipinski definition) is 1. The van der Waals surface area contributed by atoms with E-state index in [0.717, 1.165) is 18.4 Å². The molecule has 0 aromatic heterocycles. The normalized spacial score (nSPS) is 22.4. The molecule has 0 saturated carbocycles. The highest BCUT2D eigenvalue weighted by Crippen LogP contribution is 2.31. The summed E-state index contributed by atoms with van der Waals surface area (Å²) in [5.74, 6) is 2.88. The van der Waals surface area contributed by atoms with Gasteiger partial charge in [-0.05, 0) is 37.0 Å². The summed E-state index contributed by atoms with van der Waals surface area (Å²) in [5.41, 5.74) is 1.60. The van der Waals surface area contributed by atoms with E-state index in [-0.39, 0.29) is 5.78 Å². The van der Waals surface area contributed by atoms with Gasteiger partial charge in [0.25, 0.3) is 0 Å². The van der Waals surface area contributed by atoms with Crippen LogP contribution in [-0.4, -0.2) is 5.78 Å². The third-order valence-corrected chi connectivity index (χ3v) is 3.33. The number of allylic oxidation sites excluding steroid dienone is 4. The highest BCUT2D eigenvalue weighted by Gasteiger charge is 2.26. The van der Waals surface area contributed by atoms with Crippen LogP contribution in [0.1, 0.15) is 18.9 Å². The Labute approximate surface area is 108 Å². The molecule has 0 fully saturated rings. The maximum absolute atomic E-state index is 11.4. The number of rotatable bonds is 3. The molecule has 90 valence electrons. The van der Waals surface area contributed by atoms with Gasteiger partial charge in [0.05, 0.1) is 5.41 Å². The number of carbonyl (C=O) groups is 1. The fourth-order valence-corrected chi connectivity index (χ4v) is 2.17. The zero-order valence-corrected chi connectivity index (χ0v) is 10.5. The zero-order valence-electron chi connectivity index (χ0n) is 10.5. The third-order valence-electron chi connectivity index (χ3n) is 3.33. The third kappa shape index (κ3) is 2.60. The molecule has 1 aliphatic rings. The minimum absolute atomic E-state index is 0.0561. The molecule has 0 saturated heterocycles. The molecule has 0 spiro atoms. The monoisotopic (exact) mass is 236 g/mol. The lowest BCUT2D eigenvalue weighted by Crippen LogP contribution is -2.19. The lowest BCUT2D eigenvalue weighted by atomic mass is 9.78. The summed E-state index contributed by atoms with van der Waals surface area (Å²) in [6.07, 6.45) is 12.8. The summed E-state index contributed by atoms with van der Waals surface area (Å²) in [4.78, 5) is 11.4. The number of terminal acetylenes is 1. The number of benzene rings is 1. The molecular formula is C17H16O. The number of hydrogen-bond donors (Lipinski definition) is 0. The van der Waals surface area contributed by atoms with Crippen LogP contribution in [0.15, 0.2) is 54.1 Å². The van der Waals surface area contributed by atoms with E-state index in [4.69, 9.17) is 6.42 Å². The van der Waals surface area contributed by atoms with Crippen molar-refractivity contribution in [1.82, 2.24) is 0 Å². The Morgan fingerprint density at radius 2 is 2.00 bits per heavy atom. The van der Waals surface area contributed by atoms with Crippen LogP contribution in [-0.2, 0) is 11.2 Å². The van der Waals surface area contributed by atoms with Gasteiger partial charge in [0.15, 0.2) is 5.78 Å². The first-order chi connectivity index (χ1) is 8.65. The Kier molecular flexibility index (Phi) is 3.48. The maximum atomic E-state index is 11.4. The van der Waals surface area contributed by atoms with Crippen LogP contribution >= 0.6 is 0 Å². The summed E-state index contributed by atoms with van der Waals surface area (Å²) in [6, 6.07) is 10.2. The van der Waals surface area contributed by atoms with Crippen LogP contribution in [0, 0.1) is 17.8 Å². The highest BCUT2D eigenvalue weighted by atomic mass is 16.1. The number of ketones is 1. The molecule has 1 aromatic carbocycles. The van der Waals surface area contributed by atoms with Crippen molar-refractivity contribution in [3.63, 3.8) is 0 Å². The fraction of sp³-hybridized carbons (Fsp3) is 0.235. The van der Waals surface area contributed by atoms with Crippen molar-refractivity contribution in [1.29, 1.82) is 0 Å². The minimum atomic E-state index is -0.409. The van der Waals surface area contributed by atoms with Gasteiger partial charge in [0.2, 0.25) is 0 Å². The van der Waals surface area contributed by atoms with Gasteiger partial charge >= 0.3 is 0 Å². The lowest BCUT2D eigenvalue weighted by molar-refractivity contribution is -0.111. The van der Waals surface area contributed by atoms with Crippen molar-refractivity contribution in [3.05, 3.63) is 59.7 Å². The van der Waals surface area contributed by atoms with Crippen LogP contribution in [0.25, 0.3) is 0 Å². The molecule has 0 heterocycles. The molecule has 0 amide bonds. The van der Waals surface area contributed by atoms with E-state index in [1.165, 1.54) is 5.56 Å². The average Bonchev–Trinajstić information content (AvgIpc) is 2.42. The minimum Gasteiger partial charge on any atom is -0.290 e. The Bertz CT molecular complexity index is 543. The van der Waals surface area contributed by atoms with E-state index in [2.05, 4.69) is 18.1 Å². The summed E-state index contributed by atoms with van der Waals surface area (Å²) in [7, 11) is 0. The second-order valence-corrected chi connectivity index (χ2v) is 4.70. The van der Waals surface area contributed by atoms with Crippen molar-refractivity contribution in [3.8, 4) is 12.3 Å². The van der Waals surface area contributed by atoms with Crippen LogP contribution in [0.3, 0.4) is 0 Å². The quantitative estimate of drug-likeness (QED) is 0.736. The zero-order chi connectivity index (χ0) is 13.0. The largest absolute Gasteiger partial charge is 0.290 e. The molecule has 1 aliphatic carbocycles. The van der Waals surface area contributed by atoms with E-state index in [9.17, 15) is 4.79 Å². The predicted octanol–water partition coefficient (Wildman–Crippen LogP) is 3.32. The summed E-state index contributed by atoms with van der Waals surface area (Å²) >= 11 is 0. The summed E-state index contributed by atoms with van der Waals surface area (Å²) in [6.45, 7) is 1.82. The Balaban J connectivity index is 2.14. The molecule has 1 heteroatoms. The molecule has 1 nitrogen and oxygen atoms in total. The molecule has 0 bridgehead atoms. The maximum Gasteiger partial charge on any atom is 0.181 e. The SMILES string of the molecule is C#CC1(CCc2ccccc2)C=CC(=O)C(C)=C1. The van der Waals surface area contributed by atoms with Crippen LogP contribution in [0.5, 0.6) is 0 Å². The van der Waals surface area contributed by atoms with Crippen LogP contribution in [0.4, 0.5) is 0 Å². The van der Waals surface area contributed by atoms with Crippen molar-refractivity contribution in [2.24, 2.45) is 5.41 Å². The van der Waals surface area contributed by atoms with Crippen molar-refractivity contribution in [2.75, 3.05) is 0 Å². The topological polar surface area (TPSA) is 17.1 Å². The number of carbonyl (C=O) groups excluding carboxylic acids is 1. The van der Waals surface area contributed by atoms with Gasteiger partial charge in [-0.3, -0.25) is 4.79 Å². The molecule has 18 heavy (non-hydrogen) atoms. The smallest absolute Gasteiger partial charge is 0.181 e. The van der Waals surface area contributed by atoms with E-state index in [1.54, 1.807) is 6.08 Å². The highest BCUT2D eigenvalue weighted by molar-refractivity contribution is 6.04.